The van der Waals surface area contributed by atoms with Crippen LogP contribution in [0.1, 0.15) is 15.9 Å². The fraction of sp³-hybridized carbons (Fsp3) is 0.0417. The highest BCUT2D eigenvalue weighted by atomic mass is 35.5. The Kier molecular flexibility index (Phi) is 6.10. The molecule has 3 aromatic carbocycles. The molecule has 0 aliphatic heterocycles. The maximum absolute atomic E-state index is 12.7. The van der Waals surface area contributed by atoms with Gasteiger partial charge in [-0.1, -0.05) is 41.9 Å². The second-order valence-electron chi connectivity index (χ2n) is 6.86. The lowest BCUT2D eigenvalue weighted by atomic mass is 10.1. The Bertz CT molecular complexity index is 1200. The van der Waals surface area contributed by atoms with E-state index in [1.807, 2.05) is 36.5 Å². The molecule has 1 heterocycles. The summed E-state index contributed by atoms with van der Waals surface area (Å²) < 4.78 is 1.72. The van der Waals surface area contributed by atoms with Gasteiger partial charge in [-0.2, -0.15) is 5.10 Å². The molecule has 6 nitrogen and oxygen atoms in total. The molecule has 4 rings (SSSR count). The Morgan fingerprint density at radius 1 is 0.871 bits per heavy atom. The maximum atomic E-state index is 12.7. The number of hydrogen-bond acceptors (Lipinski definition) is 3. The maximum Gasteiger partial charge on any atom is 0.257 e. The minimum atomic E-state index is -0.324. The van der Waals surface area contributed by atoms with E-state index in [2.05, 4.69) is 15.7 Å². The van der Waals surface area contributed by atoms with Crippen LogP contribution in [-0.2, 0) is 11.2 Å². The quantitative estimate of drug-likeness (QED) is 0.454. The standard InChI is InChI=1S/C24H19ClN4O2/c25-18-10-12-19(13-11-18)27-24(31)21-8-4-5-9-22(21)28-23(30)14-17-15-26-29(16-17)20-6-2-1-3-7-20/h1-13,15-16H,14H2,(H,27,31)(H,28,30). The Morgan fingerprint density at radius 2 is 1.58 bits per heavy atom. The molecule has 0 aliphatic rings. The van der Waals surface area contributed by atoms with E-state index in [1.54, 1.807) is 59.4 Å². The van der Waals surface area contributed by atoms with Gasteiger partial charge < -0.3 is 10.6 Å². The Labute approximate surface area is 184 Å². The van der Waals surface area contributed by atoms with Crippen molar-refractivity contribution >= 4 is 34.8 Å². The lowest BCUT2D eigenvalue weighted by molar-refractivity contribution is -0.115. The highest BCUT2D eigenvalue weighted by Crippen LogP contribution is 2.19. The van der Waals surface area contributed by atoms with Gasteiger partial charge in [-0.3, -0.25) is 9.59 Å². The SMILES string of the molecule is O=C(Cc1cnn(-c2ccccc2)c1)Nc1ccccc1C(=O)Nc1ccc(Cl)cc1. The van der Waals surface area contributed by atoms with Crippen molar-refractivity contribution in [2.24, 2.45) is 0 Å². The summed E-state index contributed by atoms with van der Waals surface area (Å²) in [5.74, 6) is -0.561. The third kappa shape index (κ3) is 5.18. The molecule has 0 unspecified atom stereocenters. The van der Waals surface area contributed by atoms with E-state index in [-0.39, 0.29) is 18.2 Å². The van der Waals surface area contributed by atoms with Crippen LogP contribution in [0.5, 0.6) is 0 Å². The van der Waals surface area contributed by atoms with Gasteiger partial charge in [0, 0.05) is 16.9 Å². The third-order valence-corrected chi connectivity index (χ3v) is 4.82. The van der Waals surface area contributed by atoms with E-state index < -0.39 is 0 Å². The molecule has 0 saturated carbocycles. The molecular formula is C24H19ClN4O2. The largest absolute Gasteiger partial charge is 0.325 e. The number of amides is 2. The summed E-state index contributed by atoms with van der Waals surface area (Å²) in [5.41, 5.74) is 3.10. The minimum absolute atomic E-state index is 0.139. The van der Waals surface area contributed by atoms with Crippen LogP contribution in [0, 0.1) is 0 Å². The lowest BCUT2D eigenvalue weighted by Crippen LogP contribution is -2.19. The van der Waals surface area contributed by atoms with Crippen LogP contribution in [-0.4, -0.2) is 21.6 Å². The first-order chi connectivity index (χ1) is 15.1. The first kappa shape index (κ1) is 20.4. The van der Waals surface area contributed by atoms with Gasteiger partial charge in [0.2, 0.25) is 5.91 Å². The van der Waals surface area contributed by atoms with Crippen LogP contribution < -0.4 is 10.6 Å². The molecule has 0 spiro atoms. The number of anilines is 2. The van der Waals surface area contributed by atoms with E-state index in [0.717, 1.165) is 11.3 Å². The van der Waals surface area contributed by atoms with Crippen molar-refractivity contribution in [2.45, 2.75) is 6.42 Å². The number of carbonyl (C=O) groups excluding carboxylic acids is 2. The topological polar surface area (TPSA) is 76.0 Å². The van der Waals surface area contributed by atoms with Gasteiger partial charge in [0.15, 0.2) is 0 Å². The van der Waals surface area contributed by atoms with Crippen LogP contribution in [0.2, 0.25) is 5.02 Å². The number of aromatic nitrogens is 2. The zero-order chi connectivity index (χ0) is 21.6. The number of rotatable bonds is 6. The second-order valence-corrected chi connectivity index (χ2v) is 7.30. The predicted octanol–water partition coefficient (Wildman–Crippen LogP) is 4.96. The normalized spacial score (nSPS) is 10.5. The fourth-order valence-corrected chi connectivity index (χ4v) is 3.20. The average Bonchev–Trinajstić information content (AvgIpc) is 3.24. The number of hydrogen-bond donors (Lipinski definition) is 2. The van der Waals surface area contributed by atoms with Crippen molar-refractivity contribution in [3.05, 3.63) is 107 Å². The summed E-state index contributed by atoms with van der Waals surface area (Å²) in [6, 6.07) is 23.3. The van der Waals surface area contributed by atoms with Crippen LogP contribution in [0.4, 0.5) is 11.4 Å². The summed E-state index contributed by atoms with van der Waals surface area (Å²) in [4.78, 5) is 25.3. The van der Waals surface area contributed by atoms with Gasteiger partial charge in [0.1, 0.15) is 0 Å². The predicted molar refractivity (Wildman–Crippen MR) is 122 cm³/mol. The molecule has 2 N–H and O–H groups in total. The highest BCUT2D eigenvalue weighted by molar-refractivity contribution is 6.30. The van der Waals surface area contributed by atoms with Crippen molar-refractivity contribution in [2.75, 3.05) is 10.6 Å². The molecule has 7 heteroatoms. The highest BCUT2D eigenvalue weighted by Gasteiger charge is 2.14. The second kappa shape index (κ2) is 9.28. The van der Waals surface area contributed by atoms with E-state index >= 15 is 0 Å². The molecular weight excluding hydrogens is 412 g/mol. The van der Waals surface area contributed by atoms with Crippen LogP contribution in [0.3, 0.4) is 0 Å². The number of halogens is 1. The zero-order valence-electron chi connectivity index (χ0n) is 16.5. The van der Waals surface area contributed by atoms with Crippen LogP contribution in [0.25, 0.3) is 5.69 Å². The molecule has 2 amide bonds. The number of nitrogens with zero attached hydrogens (tertiary/aromatic N) is 2. The Hall–Kier alpha value is -3.90. The Morgan fingerprint density at radius 3 is 2.35 bits per heavy atom. The average molecular weight is 431 g/mol. The molecule has 0 radical (unpaired) electrons. The molecule has 4 aromatic rings. The summed E-state index contributed by atoms with van der Waals surface area (Å²) in [7, 11) is 0. The van der Waals surface area contributed by atoms with E-state index in [4.69, 9.17) is 11.6 Å². The van der Waals surface area contributed by atoms with Gasteiger partial charge in [-0.05, 0) is 54.1 Å². The fourth-order valence-electron chi connectivity index (χ4n) is 3.07. The van der Waals surface area contributed by atoms with Gasteiger partial charge in [0.25, 0.3) is 5.91 Å². The summed E-state index contributed by atoms with van der Waals surface area (Å²) in [6.45, 7) is 0. The Balaban J connectivity index is 1.43. The van der Waals surface area contributed by atoms with Crippen molar-refractivity contribution in [1.29, 1.82) is 0 Å². The van der Waals surface area contributed by atoms with Gasteiger partial charge in [-0.15, -0.1) is 0 Å². The molecule has 0 bridgehead atoms. The van der Waals surface area contributed by atoms with E-state index in [1.165, 1.54) is 0 Å². The van der Waals surface area contributed by atoms with Gasteiger partial charge in [-0.25, -0.2) is 4.68 Å². The first-order valence-corrected chi connectivity index (χ1v) is 10.0. The van der Waals surface area contributed by atoms with E-state index in [9.17, 15) is 9.59 Å². The molecule has 0 aliphatic carbocycles. The number of nitrogens with one attached hydrogen (secondary N) is 2. The summed E-state index contributed by atoms with van der Waals surface area (Å²) in [6.07, 6.45) is 3.61. The molecule has 0 atom stereocenters. The van der Waals surface area contributed by atoms with Crippen molar-refractivity contribution in [3.8, 4) is 5.69 Å². The molecule has 31 heavy (non-hydrogen) atoms. The summed E-state index contributed by atoms with van der Waals surface area (Å²) >= 11 is 5.88. The third-order valence-electron chi connectivity index (χ3n) is 4.57. The van der Waals surface area contributed by atoms with E-state index in [0.29, 0.717) is 22.0 Å². The minimum Gasteiger partial charge on any atom is -0.325 e. The number of carbonyl (C=O) groups is 2. The van der Waals surface area contributed by atoms with Crippen LogP contribution >= 0.6 is 11.6 Å². The monoisotopic (exact) mass is 430 g/mol. The molecule has 0 fully saturated rings. The van der Waals surface area contributed by atoms with Crippen molar-refractivity contribution < 1.29 is 9.59 Å². The smallest absolute Gasteiger partial charge is 0.257 e. The van der Waals surface area contributed by atoms with Crippen molar-refractivity contribution in [1.82, 2.24) is 9.78 Å². The molecule has 0 saturated heterocycles. The zero-order valence-corrected chi connectivity index (χ0v) is 17.2. The van der Waals surface area contributed by atoms with Crippen molar-refractivity contribution in [3.63, 3.8) is 0 Å². The van der Waals surface area contributed by atoms with Crippen LogP contribution in [0.15, 0.2) is 91.3 Å². The van der Waals surface area contributed by atoms with Gasteiger partial charge in [0.05, 0.1) is 29.6 Å². The van der Waals surface area contributed by atoms with Gasteiger partial charge >= 0.3 is 0 Å². The molecule has 154 valence electrons. The summed E-state index contributed by atoms with van der Waals surface area (Å²) in [5, 5.41) is 10.5. The number of benzene rings is 3. The first-order valence-electron chi connectivity index (χ1n) is 9.63. The molecule has 1 aromatic heterocycles. The number of para-hydroxylation sites is 2. The lowest BCUT2D eigenvalue weighted by Gasteiger charge is -2.11.